The summed E-state index contributed by atoms with van der Waals surface area (Å²) in [5.74, 6) is -0.466. The van der Waals surface area contributed by atoms with Crippen molar-refractivity contribution in [2.75, 3.05) is 12.3 Å². The van der Waals surface area contributed by atoms with E-state index in [9.17, 15) is 17.8 Å². The third-order valence-electron chi connectivity index (χ3n) is 2.15. The van der Waals surface area contributed by atoms with Gasteiger partial charge in [0.2, 0.25) is 0 Å². The van der Waals surface area contributed by atoms with Crippen molar-refractivity contribution in [1.29, 1.82) is 0 Å². The fourth-order valence-corrected chi connectivity index (χ4v) is 1.79. The standard InChI is InChI=1S/C11H16N2O4S.Na/c14-11(12-7-4-8-18(15,16)17)13-9-10-5-2-1-3-6-10;/h1-3,5-6H,4,7-9H2,(H2,12,13,14)(H,15,16,17);/q;+1/p-1. The second-order valence-corrected chi connectivity index (χ2v) is 5.23. The van der Waals surface area contributed by atoms with Crippen LogP contribution in [0.1, 0.15) is 12.0 Å². The van der Waals surface area contributed by atoms with Crippen molar-refractivity contribution in [3.05, 3.63) is 35.9 Å². The number of carbonyl (C=O) groups is 1. The predicted octanol–water partition coefficient (Wildman–Crippen LogP) is -2.57. The van der Waals surface area contributed by atoms with E-state index in [0.29, 0.717) is 6.54 Å². The van der Waals surface area contributed by atoms with Crippen LogP contribution in [0.3, 0.4) is 0 Å². The normalized spacial score (nSPS) is 10.4. The number of hydrogen-bond donors (Lipinski definition) is 2. The van der Waals surface area contributed by atoms with E-state index in [1.165, 1.54) is 0 Å². The molecular formula is C11H15N2NaO4S. The number of amides is 2. The monoisotopic (exact) mass is 294 g/mol. The molecule has 0 aliphatic heterocycles. The van der Waals surface area contributed by atoms with Crippen molar-refractivity contribution >= 4 is 16.1 Å². The number of rotatable bonds is 6. The minimum Gasteiger partial charge on any atom is -0.748 e. The molecule has 0 aromatic heterocycles. The van der Waals surface area contributed by atoms with Crippen LogP contribution in [0.4, 0.5) is 4.79 Å². The quantitative estimate of drug-likeness (QED) is 0.342. The molecule has 0 radical (unpaired) electrons. The maximum absolute atomic E-state index is 11.3. The molecule has 0 bridgehead atoms. The van der Waals surface area contributed by atoms with Gasteiger partial charge in [-0.3, -0.25) is 0 Å². The Morgan fingerprint density at radius 2 is 1.79 bits per heavy atom. The van der Waals surface area contributed by atoms with E-state index in [1.807, 2.05) is 30.3 Å². The summed E-state index contributed by atoms with van der Waals surface area (Å²) in [5.41, 5.74) is 0.967. The van der Waals surface area contributed by atoms with Crippen LogP contribution < -0.4 is 40.2 Å². The van der Waals surface area contributed by atoms with E-state index in [-0.39, 0.29) is 48.6 Å². The van der Waals surface area contributed by atoms with Crippen LogP contribution in [0.2, 0.25) is 0 Å². The topological polar surface area (TPSA) is 98.3 Å². The molecule has 0 heterocycles. The Morgan fingerprint density at radius 3 is 2.37 bits per heavy atom. The van der Waals surface area contributed by atoms with Crippen LogP contribution in [0, 0.1) is 0 Å². The van der Waals surface area contributed by atoms with Crippen molar-refractivity contribution in [1.82, 2.24) is 10.6 Å². The van der Waals surface area contributed by atoms with Crippen molar-refractivity contribution in [2.45, 2.75) is 13.0 Å². The maximum atomic E-state index is 11.3. The first-order valence-corrected chi connectivity index (χ1v) is 7.04. The number of nitrogens with one attached hydrogen (secondary N) is 2. The summed E-state index contributed by atoms with van der Waals surface area (Å²) in [6.45, 7) is 0.550. The van der Waals surface area contributed by atoms with Crippen LogP contribution in [0.15, 0.2) is 30.3 Å². The van der Waals surface area contributed by atoms with E-state index < -0.39 is 15.9 Å². The van der Waals surface area contributed by atoms with Gasteiger partial charge in [0.05, 0.1) is 10.1 Å². The number of benzene rings is 1. The molecule has 2 amide bonds. The van der Waals surface area contributed by atoms with E-state index in [0.717, 1.165) is 5.56 Å². The van der Waals surface area contributed by atoms with Crippen LogP contribution in [-0.2, 0) is 16.7 Å². The first-order valence-electron chi connectivity index (χ1n) is 5.46. The molecule has 1 aromatic rings. The molecule has 0 saturated carbocycles. The molecule has 8 heteroatoms. The Morgan fingerprint density at radius 1 is 1.16 bits per heavy atom. The third kappa shape index (κ3) is 9.92. The van der Waals surface area contributed by atoms with E-state index >= 15 is 0 Å². The molecule has 1 rings (SSSR count). The van der Waals surface area contributed by atoms with Crippen LogP contribution in [0.25, 0.3) is 0 Å². The maximum Gasteiger partial charge on any atom is 1.00 e. The average Bonchev–Trinajstić information content (AvgIpc) is 2.32. The van der Waals surface area contributed by atoms with Gasteiger partial charge in [-0.15, -0.1) is 0 Å². The molecule has 0 aliphatic carbocycles. The summed E-state index contributed by atoms with van der Waals surface area (Å²) < 4.78 is 30.9. The second-order valence-electron chi connectivity index (χ2n) is 3.71. The number of urea groups is 1. The van der Waals surface area contributed by atoms with Crippen LogP contribution in [0.5, 0.6) is 0 Å². The molecule has 0 saturated heterocycles. The average molecular weight is 294 g/mol. The summed E-state index contributed by atoms with van der Waals surface area (Å²) in [6.07, 6.45) is 0.116. The van der Waals surface area contributed by atoms with Crippen molar-refractivity contribution in [3.8, 4) is 0 Å². The smallest absolute Gasteiger partial charge is 0.748 e. The van der Waals surface area contributed by atoms with Gasteiger partial charge in [-0.05, 0) is 12.0 Å². The third-order valence-corrected chi connectivity index (χ3v) is 2.94. The van der Waals surface area contributed by atoms with E-state index in [1.54, 1.807) is 0 Å². The summed E-state index contributed by atoms with van der Waals surface area (Å²) in [7, 11) is -4.20. The summed E-state index contributed by atoms with van der Waals surface area (Å²) in [4.78, 5) is 11.3. The van der Waals surface area contributed by atoms with E-state index in [4.69, 9.17) is 0 Å². The summed E-state index contributed by atoms with van der Waals surface area (Å²) in [6, 6.07) is 8.99. The van der Waals surface area contributed by atoms with Gasteiger partial charge in [0.15, 0.2) is 0 Å². The molecule has 0 spiro atoms. The predicted molar refractivity (Wildman–Crippen MR) is 65.9 cm³/mol. The second kappa shape index (κ2) is 9.33. The van der Waals surface area contributed by atoms with Gasteiger partial charge in [-0.2, -0.15) is 0 Å². The zero-order chi connectivity index (χ0) is 13.4. The fraction of sp³-hybridized carbons (Fsp3) is 0.364. The molecule has 2 N–H and O–H groups in total. The molecule has 0 unspecified atom stereocenters. The molecule has 0 aliphatic rings. The Bertz CT molecular complexity index is 479. The first kappa shape index (κ1) is 18.4. The van der Waals surface area contributed by atoms with Gasteiger partial charge in [0, 0.05) is 18.8 Å². The Balaban J connectivity index is 0.00000324. The van der Waals surface area contributed by atoms with Gasteiger partial charge in [0.25, 0.3) is 0 Å². The number of hydrogen-bond acceptors (Lipinski definition) is 4. The van der Waals surface area contributed by atoms with Gasteiger partial charge >= 0.3 is 35.6 Å². The molecule has 19 heavy (non-hydrogen) atoms. The van der Waals surface area contributed by atoms with Gasteiger partial charge in [-0.25, -0.2) is 13.2 Å². The SMILES string of the molecule is O=C(NCCCS(=O)(=O)[O-])NCc1ccccc1.[Na+]. The summed E-state index contributed by atoms with van der Waals surface area (Å²) >= 11 is 0. The Kier molecular flexibility index (Phi) is 9.03. The first-order chi connectivity index (χ1) is 8.47. The minimum absolute atomic E-state index is 0. The molecule has 100 valence electrons. The zero-order valence-electron chi connectivity index (χ0n) is 10.8. The van der Waals surface area contributed by atoms with Gasteiger partial charge in [-0.1, -0.05) is 30.3 Å². The Hall–Kier alpha value is -0.600. The minimum atomic E-state index is -4.20. The van der Waals surface area contributed by atoms with Crippen LogP contribution >= 0.6 is 0 Å². The largest absolute Gasteiger partial charge is 1.00 e. The Labute approximate surface area is 135 Å². The molecule has 1 aromatic carbocycles. The van der Waals surface area contributed by atoms with Crippen molar-refractivity contribution in [3.63, 3.8) is 0 Å². The van der Waals surface area contributed by atoms with E-state index in [2.05, 4.69) is 10.6 Å². The van der Waals surface area contributed by atoms with Crippen molar-refractivity contribution < 1.29 is 47.3 Å². The molecule has 6 nitrogen and oxygen atoms in total. The van der Waals surface area contributed by atoms with Gasteiger partial charge in [0.1, 0.15) is 0 Å². The molecule has 0 fully saturated rings. The fourth-order valence-electron chi connectivity index (χ4n) is 1.29. The van der Waals surface area contributed by atoms with Crippen LogP contribution in [-0.4, -0.2) is 31.3 Å². The number of carbonyl (C=O) groups excluding carboxylic acids is 1. The summed E-state index contributed by atoms with van der Waals surface area (Å²) in [5, 5.41) is 5.09. The van der Waals surface area contributed by atoms with Crippen molar-refractivity contribution in [2.24, 2.45) is 0 Å². The zero-order valence-corrected chi connectivity index (χ0v) is 13.6. The van der Waals surface area contributed by atoms with Gasteiger partial charge < -0.3 is 15.2 Å². The molecule has 0 atom stereocenters. The molecular weight excluding hydrogens is 279 g/mol.